The Bertz CT molecular complexity index is 613. The van der Waals surface area contributed by atoms with E-state index in [4.69, 9.17) is 10.8 Å². The summed E-state index contributed by atoms with van der Waals surface area (Å²) in [4.78, 5) is 21.9. The van der Waals surface area contributed by atoms with Crippen LogP contribution in [0, 0.1) is 0 Å². The van der Waals surface area contributed by atoms with Crippen molar-refractivity contribution in [1.29, 1.82) is 0 Å². The van der Waals surface area contributed by atoms with E-state index < -0.39 is 11.9 Å². The lowest BCUT2D eigenvalue weighted by Gasteiger charge is -2.04. The molecule has 2 rings (SSSR count). The minimum Gasteiger partial charge on any atom is -0.478 e. The van der Waals surface area contributed by atoms with Crippen LogP contribution in [0.4, 0.5) is 0 Å². The number of nitrogens with zero attached hydrogens (tertiary/aromatic N) is 4. The van der Waals surface area contributed by atoms with Crippen molar-refractivity contribution in [3.05, 3.63) is 35.4 Å². The van der Waals surface area contributed by atoms with Gasteiger partial charge in [0.2, 0.25) is 0 Å². The number of primary amides is 1. The summed E-state index contributed by atoms with van der Waals surface area (Å²) in [7, 11) is 1.64. The Hall–Kier alpha value is -2.64. The van der Waals surface area contributed by atoms with Crippen LogP contribution in [0.1, 0.15) is 26.5 Å². The van der Waals surface area contributed by atoms with Gasteiger partial charge in [-0.25, -0.2) is 4.79 Å². The zero-order valence-corrected chi connectivity index (χ0v) is 9.57. The maximum atomic E-state index is 11.0. The van der Waals surface area contributed by atoms with Crippen LogP contribution in [0.2, 0.25) is 0 Å². The van der Waals surface area contributed by atoms with Crippen LogP contribution in [0.5, 0.6) is 0 Å². The van der Waals surface area contributed by atoms with E-state index in [1.165, 1.54) is 21.6 Å². The molecule has 0 aliphatic heterocycles. The van der Waals surface area contributed by atoms with E-state index in [-0.39, 0.29) is 17.8 Å². The van der Waals surface area contributed by atoms with E-state index in [9.17, 15) is 9.59 Å². The molecule has 3 N–H and O–H groups in total. The number of carbonyl (C=O) groups is 2. The van der Waals surface area contributed by atoms with Crippen molar-refractivity contribution in [2.24, 2.45) is 12.8 Å². The van der Waals surface area contributed by atoms with Gasteiger partial charge in [0.25, 0.3) is 5.91 Å². The van der Waals surface area contributed by atoms with Crippen LogP contribution < -0.4 is 5.73 Å². The summed E-state index contributed by atoms with van der Waals surface area (Å²) in [6.07, 6.45) is 2.83. The van der Waals surface area contributed by atoms with Gasteiger partial charge in [0.15, 0.2) is 0 Å². The second-order valence-electron chi connectivity index (χ2n) is 3.70. The highest BCUT2D eigenvalue weighted by molar-refractivity contribution is 5.90. The zero-order valence-electron chi connectivity index (χ0n) is 9.57. The lowest BCUT2D eigenvalue weighted by molar-refractivity contribution is 0.0695. The van der Waals surface area contributed by atoms with Gasteiger partial charge in [-0.3, -0.25) is 14.2 Å². The number of aromatic carboxylic acids is 1. The number of hydrogen-bond acceptors (Lipinski definition) is 4. The Kier molecular flexibility index (Phi) is 2.84. The molecule has 0 radical (unpaired) electrons. The van der Waals surface area contributed by atoms with E-state index in [1.54, 1.807) is 13.2 Å². The Morgan fingerprint density at radius 3 is 2.78 bits per heavy atom. The van der Waals surface area contributed by atoms with Crippen molar-refractivity contribution >= 4 is 11.9 Å². The van der Waals surface area contributed by atoms with Crippen molar-refractivity contribution in [1.82, 2.24) is 19.6 Å². The standard InChI is InChI=1S/C10H11N5O3/c1-14-8(6(4-12-14)10(17)18)5-15-3-2-7(13-15)9(11)16/h2-4H,5H2,1H3,(H2,11,16)(H,17,18). The van der Waals surface area contributed by atoms with Crippen molar-refractivity contribution in [2.75, 3.05) is 0 Å². The van der Waals surface area contributed by atoms with E-state index >= 15 is 0 Å². The maximum absolute atomic E-state index is 11.0. The molecule has 18 heavy (non-hydrogen) atoms. The van der Waals surface area contributed by atoms with Crippen molar-refractivity contribution in [3.8, 4) is 0 Å². The molecule has 2 aromatic heterocycles. The number of aromatic nitrogens is 4. The number of hydrogen-bond donors (Lipinski definition) is 2. The van der Waals surface area contributed by atoms with Gasteiger partial charge in [-0.05, 0) is 6.07 Å². The molecule has 8 heteroatoms. The van der Waals surface area contributed by atoms with Gasteiger partial charge >= 0.3 is 5.97 Å². The molecular formula is C10H11N5O3. The van der Waals surface area contributed by atoms with Crippen LogP contribution >= 0.6 is 0 Å². The average Bonchev–Trinajstić information content (AvgIpc) is 2.88. The SMILES string of the molecule is Cn1ncc(C(=O)O)c1Cn1ccc(C(N)=O)n1. The topological polar surface area (TPSA) is 116 Å². The molecule has 0 aliphatic carbocycles. The quantitative estimate of drug-likeness (QED) is 0.755. The van der Waals surface area contributed by atoms with E-state index in [1.807, 2.05) is 0 Å². The fourth-order valence-corrected chi connectivity index (χ4v) is 1.56. The van der Waals surface area contributed by atoms with E-state index in [2.05, 4.69) is 10.2 Å². The molecule has 0 unspecified atom stereocenters. The fourth-order valence-electron chi connectivity index (χ4n) is 1.56. The van der Waals surface area contributed by atoms with Crippen LogP contribution in [-0.4, -0.2) is 36.5 Å². The van der Waals surface area contributed by atoms with Gasteiger partial charge in [-0.1, -0.05) is 0 Å². The molecule has 0 saturated heterocycles. The Labute approximate surface area is 102 Å². The van der Waals surface area contributed by atoms with Crippen molar-refractivity contribution in [3.63, 3.8) is 0 Å². The van der Waals surface area contributed by atoms with Crippen molar-refractivity contribution < 1.29 is 14.7 Å². The number of carboxylic acid groups (broad SMARTS) is 1. The summed E-state index contributed by atoms with van der Waals surface area (Å²) in [6, 6.07) is 1.47. The largest absolute Gasteiger partial charge is 0.478 e. The second kappa shape index (κ2) is 4.32. The third kappa shape index (κ3) is 2.08. The van der Waals surface area contributed by atoms with Crippen LogP contribution in [0.25, 0.3) is 0 Å². The molecule has 0 fully saturated rings. The summed E-state index contributed by atoms with van der Waals surface area (Å²) >= 11 is 0. The van der Waals surface area contributed by atoms with E-state index in [0.29, 0.717) is 5.69 Å². The average molecular weight is 249 g/mol. The minimum atomic E-state index is -1.06. The number of carboxylic acids is 1. The van der Waals surface area contributed by atoms with Gasteiger partial charge in [0.05, 0.1) is 18.4 Å². The monoisotopic (exact) mass is 249 g/mol. The Morgan fingerprint density at radius 2 is 2.22 bits per heavy atom. The number of nitrogens with two attached hydrogens (primary N) is 1. The molecule has 0 atom stereocenters. The number of carbonyl (C=O) groups excluding carboxylic acids is 1. The molecule has 2 aromatic rings. The molecule has 0 saturated carbocycles. The first-order chi connectivity index (χ1) is 8.49. The fraction of sp³-hybridized carbons (Fsp3) is 0.200. The third-order valence-corrected chi connectivity index (χ3v) is 2.50. The maximum Gasteiger partial charge on any atom is 0.339 e. The number of aryl methyl sites for hydroxylation is 1. The molecule has 94 valence electrons. The first kappa shape index (κ1) is 11.8. The normalized spacial score (nSPS) is 10.5. The Balaban J connectivity index is 2.30. The highest BCUT2D eigenvalue weighted by Crippen LogP contribution is 2.09. The smallest absolute Gasteiger partial charge is 0.339 e. The van der Waals surface area contributed by atoms with Crippen LogP contribution in [0.3, 0.4) is 0 Å². The molecule has 8 nitrogen and oxygen atoms in total. The van der Waals surface area contributed by atoms with Crippen molar-refractivity contribution in [2.45, 2.75) is 6.54 Å². The summed E-state index contributed by atoms with van der Waals surface area (Å²) in [5, 5.41) is 16.8. The highest BCUT2D eigenvalue weighted by atomic mass is 16.4. The number of amides is 1. The van der Waals surface area contributed by atoms with Gasteiger partial charge in [-0.2, -0.15) is 10.2 Å². The second-order valence-corrected chi connectivity index (χ2v) is 3.70. The predicted molar refractivity (Wildman–Crippen MR) is 60.0 cm³/mol. The highest BCUT2D eigenvalue weighted by Gasteiger charge is 2.16. The van der Waals surface area contributed by atoms with Gasteiger partial charge < -0.3 is 10.8 Å². The summed E-state index contributed by atoms with van der Waals surface area (Å²) in [6.45, 7) is 0.200. The minimum absolute atomic E-state index is 0.105. The molecule has 0 aliphatic rings. The Morgan fingerprint density at radius 1 is 1.50 bits per heavy atom. The summed E-state index contributed by atoms with van der Waals surface area (Å²) in [5.41, 5.74) is 5.81. The molecule has 0 bridgehead atoms. The lowest BCUT2D eigenvalue weighted by atomic mass is 10.2. The lowest BCUT2D eigenvalue weighted by Crippen LogP contribution is -2.14. The number of rotatable bonds is 4. The van der Waals surface area contributed by atoms with Gasteiger partial charge in [0, 0.05) is 13.2 Å². The van der Waals surface area contributed by atoms with E-state index in [0.717, 1.165) is 0 Å². The molecule has 2 heterocycles. The zero-order chi connectivity index (χ0) is 13.3. The third-order valence-electron chi connectivity index (χ3n) is 2.50. The molecule has 0 spiro atoms. The summed E-state index contributed by atoms with van der Waals surface area (Å²) < 4.78 is 2.89. The summed E-state index contributed by atoms with van der Waals surface area (Å²) in [5.74, 6) is -1.68. The first-order valence-corrected chi connectivity index (χ1v) is 5.06. The van der Waals surface area contributed by atoms with Crippen LogP contribution in [-0.2, 0) is 13.6 Å². The predicted octanol–water partition coefficient (Wildman–Crippen LogP) is -0.538. The van der Waals surface area contributed by atoms with Gasteiger partial charge in [-0.15, -0.1) is 0 Å². The van der Waals surface area contributed by atoms with Crippen LogP contribution in [0.15, 0.2) is 18.5 Å². The molecular weight excluding hydrogens is 238 g/mol. The van der Waals surface area contributed by atoms with Gasteiger partial charge in [0.1, 0.15) is 11.3 Å². The first-order valence-electron chi connectivity index (χ1n) is 5.06. The molecule has 1 amide bonds. The molecule has 0 aromatic carbocycles.